The Morgan fingerprint density at radius 3 is 2.50 bits per heavy atom. The third-order valence-corrected chi connectivity index (χ3v) is 2.92. The molecule has 0 aliphatic rings. The fourth-order valence-corrected chi connectivity index (χ4v) is 2.10. The molecular formula is C7H7ClF2N2O3S. The molecular weight excluding hydrogens is 266 g/mol. The van der Waals surface area contributed by atoms with Crippen molar-refractivity contribution in [2.24, 2.45) is 5.14 Å². The molecule has 2 N–H and O–H groups in total. The molecule has 1 aromatic heterocycles. The van der Waals surface area contributed by atoms with E-state index in [9.17, 15) is 17.2 Å². The van der Waals surface area contributed by atoms with Crippen LogP contribution in [0.25, 0.3) is 0 Å². The first-order chi connectivity index (χ1) is 7.27. The van der Waals surface area contributed by atoms with E-state index in [1.54, 1.807) is 0 Å². The Hall–Kier alpha value is -0.990. The van der Waals surface area contributed by atoms with Crippen LogP contribution >= 0.6 is 11.6 Å². The van der Waals surface area contributed by atoms with Crippen LogP contribution in [0.1, 0.15) is 12.0 Å². The Kier molecular flexibility index (Phi) is 3.66. The van der Waals surface area contributed by atoms with Crippen molar-refractivity contribution in [1.29, 1.82) is 0 Å². The van der Waals surface area contributed by atoms with Crippen molar-refractivity contribution in [3.63, 3.8) is 0 Å². The lowest BCUT2D eigenvalue weighted by Gasteiger charge is -2.10. The first-order valence-electron chi connectivity index (χ1n) is 3.82. The molecule has 5 nitrogen and oxygen atoms in total. The van der Waals surface area contributed by atoms with Crippen LogP contribution in [0.2, 0.25) is 5.15 Å². The van der Waals surface area contributed by atoms with Gasteiger partial charge in [-0.05, 0) is 0 Å². The highest BCUT2D eigenvalue weighted by Gasteiger charge is 2.26. The Labute approximate surface area is 95.2 Å². The number of pyridine rings is 1. The van der Waals surface area contributed by atoms with Crippen molar-refractivity contribution in [1.82, 2.24) is 4.98 Å². The van der Waals surface area contributed by atoms with Crippen molar-refractivity contribution in [2.45, 2.75) is 11.3 Å². The van der Waals surface area contributed by atoms with Gasteiger partial charge in [0.15, 0.2) is 0 Å². The van der Waals surface area contributed by atoms with Crippen LogP contribution in [0.15, 0.2) is 11.0 Å². The number of hydrogen-bond acceptors (Lipinski definition) is 4. The molecule has 0 fully saturated rings. The average molecular weight is 273 g/mol. The van der Waals surface area contributed by atoms with Crippen LogP contribution in [-0.2, 0) is 10.0 Å². The number of nitrogens with two attached hydrogens (primary N) is 1. The maximum atomic E-state index is 12.6. The Balaban J connectivity index is 3.60. The first kappa shape index (κ1) is 13.1. The monoisotopic (exact) mass is 272 g/mol. The molecule has 0 saturated heterocycles. The van der Waals surface area contributed by atoms with E-state index in [4.69, 9.17) is 16.7 Å². The lowest BCUT2D eigenvalue weighted by atomic mass is 10.3. The van der Waals surface area contributed by atoms with Gasteiger partial charge >= 0.3 is 0 Å². The van der Waals surface area contributed by atoms with Gasteiger partial charge < -0.3 is 4.74 Å². The highest BCUT2D eigenvalue weighted by atomic mass is 35.5. The van der Waals surface area contributed by atoms with Crippen LogP contribution < -0.4 is 9.88 Å². The predicted octanol–water partition coefficient (Wildman–Crippen LogP) is 1.33. The molecule has 0 amide bonds. The molecule has 0 aliphatic heterocycles. The molecule has 9 heteroatoms. The third kappa shape index (κ3) is 2.57. The van der Waals surface area contributed by atoms with E-state index in [0.29, 0.717) is 0 Å². The Bertz CT molecular complexity index is 507. The fourth-order valence-electron chi connectivity index (χ4n) is 1.02. The second-order valence-corrected chi connectivity index (χ2v) is 4.60. The molecule has 90 valence electrons. The number of halogens is 3. The van der Waals surface area contributed by atoms with Crippen LogP contribution in [0.4, 0.5) is 8.78 Å². The minimum Gasteiger partial charge on any atom is -0.481 e. The summed E-state index contributed by atoms with van der Waals surface area (Å²) in [4.78, 5) is 2.64. The largest absolute Gasteiger partial charge is 0.481 e. The second-order valence-electron chi connectivity index (χ2n) is 2.71. The van der Waals surface area contributed by atoms with Crippen molar-refractivity contribution in [2.75, 3.05) is 7.11 Å². The standard InChI is InChI=1S/C7H7ClF2N2O3S/c1-15-4-2-3(16(11,13)14)5(7(9)10)6(8)12-4/h2,7H,1H3,(H2,11,13,14). The van der Waals surface area contributed by atoms with E-state index in [2.05, 4.69) is 9.72 Å². The molecule has 0 atom stereocenters. The van der Waals surface area contributed by atoms with Crippen LogP contribution in [0, 0.1) is 0 Å². The maximum Gasteiger partial charge on any atom is 0.268 e. The topological polar surface area (TPSA) is 82.3 Å². The summed E-state index contributed by atoms with van der Waals surface area (Å²) >= 11 is 5.42. The maximum absolute atomic E-state index is 12.6. The zero-order chi connectivity index (χ0) is 12.5. The molecule has 0 aliphatic carbocycles. The average Bonchev–Trinajstić information content (AvgIpc) is 2.14. The lowest BCUT2D eigenvalue weighted by Crippen LogP contribution is -2.16. The smallest absolute Gasteiger partial charge is 0.268 e. The number of aromatic nitrogens is 1. The molecule has 0 unspecified atom stereocenters. The predicted molar refractivity (Wildman–Crippen MR) is 52.1 cm³/mol. The molecule has 1 heterocycles. The Morgan fingerprint density at radius 2 is 2.12 bits per heavy atom. The summed E-state index contributed by atoms with van der Waals surface area (Å²) in [5, 5.41) is 4.13. The number of rotatable bonds is 3. The summed E-state index contributed by atoms with van der Waals surface area (Å²) in [6, 6.07) is 0.794. The van der Waals surface area contributed by atoms with Gasteiger partial charge in [-0.3, -0.25) is 0 Å². The van der Waals surface area contributed by atoms with E-state index in [1.165, 1.54) is 7.11 Å². The number of sulfonamides is 1. The normalized spacial score (nSPS) is 11.9. The first-order valence-corrected chi connectivity index (χ1v) is 5.75. The highest BCUT2D eigenvalue weighted by Crippen LogP contribution is 2.33. The van der Waals surface area contributed by atoms with E-state index < -0.39 is 32.1 Å². The van der Waals surface area contributed by atoms with Gasteiger partial charge in [0.1, 0.15) is 5.15 Å². The minimum atomic E-state index is -4.32. The van der Waals surface area contributed by atoms with E-state index >= 15 is 0 Å². The van der Waals surface area contributed by atoms with E-state index in [1.807, 2.05) is 0 Å². The molecule has 0 radical (unpaired) electrons. The molecule has 0 saturated carbocycles. The number of alkyl halides is 2. The van der Waals surface area contributed by atoms with E-state index in [-0.39, 0.29) is 5.88 Å². The zero-order valence-electron chi connectivity index (χ0n) is 7.95. The summed E-state index contributed by atoms with van der Waals surface area (Å²) < 4.78 is 51.9. The van der Waals surface area contributed by atoms with Crippen LogP contribution in [0.5, 0.6) is 5.88 Å². The summed E-state index contributed by atoms with van der Waals surface area (Å²) in [5.41, 5.74) is -0.926. The van der Waals surface area contributed by atoms with Gasteiger partial charge in [0, 0.05) is 6.07 Å². The molecule has 16 heavy (non-hydrogen) atoms. The van der Waals surface area contributed by atoms with Crippen molar-refractivity contribution < 1.29 is 21.9 Å². The minimum absolute atomic E-state index is 0.210. The molecule has 0 spiro atoms. The second kappa shape index (κ2) is 4.48. The molecule has 1 aromatic rings. The quantitative estimate of drug-likeness (QED) is 0.842. The fraction of sp³-hybridized carbons (Fsp3) is 0.286. The van der Waals surface area contributed by atoms with Gasteiger partial charge in [0.2, 0.25) is 15.9 Å². The number of methoxy groups -OCH3 is 1. The van der Waals surface area contributed by atoms with E-state index in [0.717, 1.165) is 6.07 Å². The molecule has 1 rings (SSSR count). The lowest BCUT2D eigenvalue weighted by molar-refractivity contribution is 0.147. The van der Waals surface area contributed by atoms with Crippen LogP contribution in [-0.4, -0.2) is 20.5 Å². The Morgan fingerprint density at radius 1 is 1.56 bits per heavy atom. The highest BCUT2D eigenvalue weighted by molar-refractivity contribution is 7.89. The number of ether oxygens (including phenoxy) is 1. The summed E-state index contributed by atoms with van der Waals surface area (Å²) in [5.74, 6) is -0.210. The zero-order valence-corrected chi connectivity index (χ0v) is 9.52. The third-order valence-electron chi connectivity index (χ3n) is 1.68. The number of primary sulfonamides is 1. The van der Waals surface area contributed by atoms with Gasteiger partial charge in [0.05, 0.1) is 17.6 Å². The van der Waals surface area contributed by atoms with Crippen molar-refractivity contribution in [3.05, 3.63) is 16.8 Å². The summed E-state index contributed by atoms with van der Waals surface area (Å²) in [6.07, 6.45) is -3.10. The van der Waals surface area contributed by atoms with Crippen molar-refractivity contribution >= 4 is 21.6 Å². The van der Waals surface area contributed by atoms with Gasteiger partial charge in [-0.15, -0.1) is 0 Å². The molecule has 0 bridgehead atoms. The van der Waals surface area contributed by atoms with Gasteiger partial charge in [-0.1, -0.05) is 11.6 Å². The number of nitrogens with zero attached hydrogens (tertiary/aromatic N) is 1. The molecule has 0 aromatic carbocycles. The van der Waals surface area contributed by atoms with Crippen molar-refractivity contribution in [3.8, 4) is 5.88 Å². The van der Waals surface area contributed by atoms with Crippen LogP contribution in [0.3, 0.4) is 0 Å². The summed E-state index contributed by atoms with van der Waals surface area (Å²) in [6.45, 7) is 0. The number of hydrogen-bond donors (Lipinski definition) is 1. The van der Waals surface area contributed by atoms with Gasteiger partial charge in [-0.2, -0.15) is 0 Å². The van der Waals surface area contributed by atoms with Gasteiger partial charge in [0.25, 0.3) is 6.43 Å². The van der Waals surface area contributed by atoms with Gasteiger partial charge in [-0.25, -0.2) is 27.3 Å². The SMILES string of the molecule is COc1cc(S(N)(=O)=O)c(C(F)F)c(Cl)n1. The summed E-state index contributed by atoms with van der Waals surface area (Å²) in [7, 11) is -3.13.